The summed E-state index contributed by atoms with van der Waals surface area (Å²) in [7, 11) is -3.47. The van der Waals surface area contributed by atoms with Gasteiger partial charge in [0.25, 0.3) is 0 Å². The van der Waals surface area contributed by atoms with Crippen LogP contribution in [0.1, 0.15) is 47.9 Å². The Morgan fingerprint density at radius 3 is 1.95 bits per heavy atom. The van der Waals surface area contributed by atoms with Gasteiger partial charge in [-0.05, 0) is 75.6 Å². The molecule has 4 nitrogen and oxygen atoms in total. The van der Waals surface area contributed by atoms with Gasteiger partial charge in [-0.1, -0.05) is 6.07 Å². The van der Waals surface area contributed by atoms with Crippen molar-refractivity contribution in [2.24, 2.45) is 5.73 Å². The van der Waals surface area contributed by atoms with E-state index in [-0.39, 0.29) is 12.1 Å². The standard InChI is InChI=1S/C16H26N2O2S/c1-10-9-11(2)13(4)16(12(10)3)21(19,20)18-15-7-5-14(17)6-8-15/h9,14-15,18H,5-8,17H2,1-4H3. The summed E-state index contributed by atoms with van der Waals surface area (Å²) >= 11 is 0. The Kier molecular flexibility index (Phi) is 4.76. The van der Waals surface area contributed by atoms with E-state index in [4.69, 9.17) is 5.73 Å². The Labute approximate surface area is 128 Å². The lowest BCUT2D eigenvalue weighted by Crippen LogP contribution is -2.40. The third-order valence-corrected chi connectivity index (χ3v) is 6.45. The van der Waals surface area contributed by atoms with E-state index in [9.17, 15) is 8.42 Å². The smallest absolute Gasteiger partial charge is 0.241 e. The Morgan fingerprint density at radius 1 is 1.00 bits per heavy atom. The molecule has 1 saturated carbocycles. The van der Waals surface area contributed by atoms with Crippen molar-refractivity contribution in [2.75, 3.05) is 0 Å². The summed E-state index contributed by atoms with van der Waals surface area (Å²) in [6, 6.07) is 2.27. The van der Waals surface area contributed by atoms with Crippen LogP contribution < -0.4 is 10.5 Å². The van der Waals surface area contributed by atoms with E-state index in [1.807, 2.05) is 33.8 Å². The molecule has 0 atom stereocenters. The van der Waals surface area contributed by atoms with Gasteiger partial charge in [0.2, 0.25) is 10.0 Å². The van der Waals surface area contributed by atoms with Crippen LogP contribution in [-0.2, 0) is 10.0 Å². The van der Waals surface area contributed by atoms with Gasteiger partial charge in [-0.15, -0.1) is 0 Å². The second kappa shape index (κ2) is 6.07. The predicted molar refractivity (Wildman–Crippen MR) is 85.9 cm³/mol. The van der Waals surface area contributed by atoms with Gasteiger partial charge in [-0.2, -0.15) is 0 Å². The highest BCUT2D eigenvalue weighted by Crippen LogP contribution is 2.27. The monoisotopic (exact) mass is 310 g/mol. The number of hydrogen-bond donors (Lipinski definition) is 2. The summed E-state index contributed by atoms with van der Waals surface area (Å²) in [4.78, 5) is 0.454. The summed E-state index contributed by atoms with van der Waals surface area (Å²) in [6.45, 7) is 7.68. The van der Waals surface area contributed by atoms with Crippen LogP contribution in [0.25, 0.3) is 0 Å². The Morgan fingerprint density at radius 2 is 1.48 bits per heavy atom. The Bertz CT molecular complexity index is 604. The van der Waals surface area contributed by atoms with Crippen molar-refractivity contribution in [2.45, 2.75) is 70.4 Å². The first-order chi connectivity index (χ1) is 9.72. The Balaban J connectivity index is 2.32. The number of hydrogen-bond acceptors (Lipinski definition) is 3. The molecule has 5 heteroatoms. The summed E-state index contributed by atoms with van der Waals surface area (Å²) in [5.74, 6) is 0. The van der Waals surface area contributed by atoms with Gasteiger partial charge in [-0.25, -0.2) is 13.1 Å². The molecular weight excluding hydrogens is 284 g/mol. The van der Waals surface area contributed by atoms with E-state index >= 15 is 0 Å². The van der Waals surface area contributed by atoms with Crippen molar-refractivity contribution in [1.82, 2.24) is 4.72 Å². The highest BCUT2D eigenvalue weighted by Gasteiger charge is 2.27. The van der Waals surface area contributed by atoms with Gasteiger partial charge in [0.1, 0.15) is 0 Å². The van der Waals surface area contributed by atoms with Crippen LogP contribution in [0.2, 0.25) is 0 Å². The van der Waals surface area contributed by atoms with E-state index in [0.29, 0.717) is 4.90 Å². The normalized spacial score (nSPS) is 23.3. The van der Waals surface area contributed by atoms with E-state index in [0.717, 1.165) is 47.9 Å². The average Bonchev–Trinajstić information content (AvgIpc) is 2.39. The SMILES string of the molecule is Cc1cc(C)c(C)c(S(=O)(=O)NC2CCC(N)CC2)c1C. The molecule has 0 spiro atoms. The minimum absolute atomic E-state index is 0.00872. The second-order valence-electron chi connectivity index (χ2n) is 6.32. The summed E-state index contributed by atoms with van der Waals surface area (Å²) < 4.78 is 28.5. The maximum atomic E-state index is 12.8. The molecule has 118 valence electrons. The number of aryl methyl sites for hydroxylation is 2. The largest absolute Gasteiger partial charge is 0.328 e. The predicted octanol–water partition coefficient (Wildman–Crippen LogP) is 2.47. The number of benzene rings is 1. The molecule has 1 aliphatic rings. The summed E-state index contributed by atoms with van der Waals surface area (Å²) in [5.41, 5.74) is 9.61. The van der Waals surface area contributed by atoms with Gasteiger partial charge >= 0.3 is 0 Å². The minimum atomic E-state index is -3.47. The molecule has 3 N–H and O–H groups in total. The maximum Gasteiger partial charge on any atom is 0.241 e. The van der Waals surface area contributed by atoms with Crippen molar-refractivity contribution in [3.63, 3.8) is 0 Å². The van der Waals surface area contributed by atoms with Gasteiger partial charge in [0.15, 0.2) is 0 Å². The van der Waals surface area contributed by atoms with Crippen LogP contribution in [0.3, 0.4) is 0 Å². The van der Waals surface area contributed by atoms with Crippen LogP contribution in [0, 0.1) is 27.7 Å². The fourth-order valence-electron chi connectivity index (χ4n) is 3.10. The fourth-order valence-corrected chi connectivity index (χ4v) is 5.02. The zero-order valence-corrected chi connectivity index (χ0v) is 14.2. The molecule has 0 heterocycles. The lowest BCUT2D eigenvalue weighted by molar-refractivity contribution is 0.373. The van der Waals surface area contributed by atoms with Gasteiger partial charge in [-0.3, -0.25) is 0 Å². The molecule has 0 radical (unpaired) electrons. The molecule has 0 saturated heterocycles. The van der Waals surface area contributed by atoms with Crippen LogP contribution in [-0.4, -0.2) is 20.5 Å². The third-order valence-electron chi connectivity index (χ3n) is 4.66. The van der Waals surface area contributed by atoms with Crippen molar-refractivity contribution >= 4 is 10.0 Å². The average molecular weight is 310 g/mol. The number of sulfonamides is 1. The van der Waals surface area contributed by atoms with E-state index in [2.05, 4.69) is 4.72 Å². The maximum absolute atomic E-state index is 12.8. The molecule has 1 aliphatic carbocycles. The zero-order valence-electron chi connectivity index (χ0n) is 13.4. The topological polar surface area (TPSA) is 72.2 Å². The van der Waals surface area contributed by atoms with Crippen LogP contribution in [0.4, 0.5) is 0 Å². The van der Waals surface area contributed by atoms with E-state index in [1.165, 1.54) is 0 Å². The lowest BCUT2D eigenvalue weighted by atomic mass is 9.93. The molecule has 0 unspecified atom stereocenters. The summed E-state index contributed by atoms with van der Waals surface area (Å²) in [5, 5.41) is 0. The quantitative estimate of drug-likeness (QED) is 0.901. The van der Waals surface area contributed by atoms with Crippen molar-refractivity contribution in [3.8, 4) is 0 Å². The molecule has 0 bridgehead atoms. The first-order valence-electron chi connectivity index (χ1n) is 7.57. The fraction of sp³-hybridized carbons (Fsp3) is 0.625. The second-order valence-corrected chi connectivity index (χ2v) is 7.97. The molecule has 2 rings (SSSR count). The first-order valence-corrected chi connectivity index (χ1v) is 9.06. The van der Waals surface area contributed by atoms with Gasteiger partial charge in [0, 0.05) is 12.1 Å². The third kappa shape index (κ3) is 3.47. The number of nitrogens with two attached hydrogens (primary N) is 1. The molecule has 1 aromatic carbocycles. The van der Waals surface area contributed by atoms with Crippen LogP contribution in [0.5, 0.6) is 0 Å². The van der Waals surface area contributed by atoms with E-state index in [1.54, 1.807) is 0 Å². The van der Waals surface area contributed by atoms with Crippen LogP contribution >= 0.6 is 0 Å². The highest BCUT2D eigenvalue weighted by molar-refractivity contribution is 7.89. The lowest BCUT2D eigenvalue weighted by Gasteiger charge is -2.27. The van der Waals surface area contributed by atoms with Crippen molar-refractivity contribution in [3.05, 3.63) is 28.3 Å². The van der Waals surface area contributed by atoms with Crippen molar-refractivity contribution < 1.29 is 8.42 Å². The molecular formula is C16H26N2O2S. The van der Waals surface area contributed by atoms with Gasteiger partial charge < -0.3 is 5.73 Å². The molecule has 1 aromatic rings. The molecule has 21 heavy (non-hydrogen) atoms. The number of nitrogens with one attached hydrogen (secondary N) is 1. The molecule has 0 aromatic heterocycles. The van der Waals surface area contributed by atoms with E-state index < -0.39 is 10.0 Å². The summed E-state index contributed by atoms with van der Waals surface area (Å²) in [6.07, 6.45) is 3.42. The highest BCUT2D eigenvalue weighted by atomic mass is 32.2. The molecule has 0 amide bonds. The van der Waals surface area contributed by atoms with Crippen LogP contribution in [0.15, 0.2) is 11.0 Å². The first kappa shape index (κ1) is 16.5. The number of rotatable bonds is 3. The zero-order chi connectivity index (χ0) is 15.8. The molecule has 0 aliphatic heterocycles. The minimum Gasteiger partial charge on any atom is -0.328 e. The molecule has 1 fully saturated rings. The van der Waals surface area contributed by atoms with Crippen molar-refractivity contribution in [1.29, 1.82) is 0 Å². The Hall–Kier alpha value is -0.910. The van der Waals surface area contributed by atoms with Gasteiger partial charge in [0.05, 0.1) is 4.90 Å².